The van der Waals surface area contributed by atoms with Gasteiger partial charge in [-0.25, -0.2) is 0 Å². The van der Waals surface area contributed by atoms with E-state index < -0.39 is 28.6 Å². The summed E-state index contributed by atoms with van der Waals surface area (Å²) in [5.74, 6) is -1.65. The molecule has 7 heteroatoms. The maximum absolute atomic E-state index is 10.3. The van der Waals surface area contributed by atoms with Crippen LogP contribution in [0, 0.1) is 62.1 Å². The molecule has 0 spiro atoms. The number of nitrogens with one attached hydrogen (secondary N) is 1. The molecule has 0 aromatic heterocycles. The molecular weight excluding hydrogens is 388 g/mol. The summed E-state index contributed by atoms with van der Waals surface area (Å²) in [6.07, 6.45) is 2.98. The quantitative estimate of drug-likeness (QED) is 0.765. The molecule has 6 nitrogen and oxygen atoms in total. The SMILES string of the molecule is CCCC1CCC23OC(=N)C(C#N)(C2C1)C(C#N)(C#N)C(c1ccc(Cl)cc1)O3. The second kappa shape index (κ2) is 6.74. The predicted octanol–water partition coefficient (Wildman–Crippen LogP) is 4.88. The van der Waals surface area contributed by atoms with E-state index in [1.165, 1.54) is 0 Å². The van der Waals surface area contributed by atoms with Crippen molar-refractivity contribution in [3.05, 3.63) is 34.9 Å². The Kier molecular flexibility index (Phi) is 4.58. The Morgan fingerprint density at radius 2 is 1.86 bits per heavy atom. The first kappa shape index (κ1) is 19.7. The molecule has 1 aromatic rings. The molecule has 4 rings (SSSR count). The van der Waals surface area contributed by atoms with E-state index in [0.717, 1.165) is 19.3 Å². The zero-order chi connectivity index (χ0) is 20.9. The van der Waals surface area contributed by atoms with E-state index >= 15 is 0 Å². The average molecular weight is 409 g/mol. The van der Waals surface area contributed by atoms with Gasteiger partial charge in [-0.2, -0.15) is 15.8 Å². The molecule has 0 radical (unpaired) electrons. The van der Waals surface area contributed by atoms with Crippen LogP contribution in [0.4, 0.5) is 0 Å². The Bertz CT molecular complexity index is 959. The standard InChI is InChI=1S/C22H21ClN4O2/c1-2-3-14-8-9-22-17(10-14)21(13-26,19(27)29-22)20(11-24,12-25)18(28-22)15-4-6-16(23)7-5-15/h4-7,14,17-18,27H,2-3,8-10H2,1H3. The Balaban J connectivity index is 1.92. The van der Waals surface area contributed by atoms with Crippen LogP contribution < -0.4 is 0 Å². The van der Waals surface area contributed by atoms with Gasteiger partial charge in [0.2, 0.25) is 17.1 Å². The molecule has 5 atom stereocenters. The summed E-state index contributed by atoms with van der Waals surface area (Å²) < 4.78 is 12.4. The molecule has 1 aromatic carbocycles. The van der Waals surface area contributed by atoms with Gasteiger partial charge < -0.3 is 9.47 Å². The molecule has 3 fully saturated rings. The second-order valence-corrected chi connectivity index (χ2v) is 8.66. The molecule has 2 bridgehead atoms. The molecular formula is C22H21ClN4O2. The fourth-order valence-corrected chi connectivity index (χ4v) is 5.65. The third-order valence-electron chi connectivity index (χ3n) is 6.89. The normalized spacial score (nSPS) is 36.8. The van der Waals surface area contributed by atoms with Gasteiger partial charge in [0.25, 0.3) is 0 Å². The van der Waals surface area contributed by atoms with Crippen LogP contribution in [0.5, 0.6) is 0 Å². The zero-order valence-electron chi connectivity index (χ0n) is 16.1. The largest absolute Gasteiger partial charge is 0.447 e. The maximum atomic E-state index is 10.3. The van der Waals surface area contributed by atoms with Crippen molar-refractivity contribution in [1.82, 2.24) is 0 Å². The van der Waals surface area contributed by atoms with Gasteiger partial charge in [-0.15, -0.1) is 0 Å². The lowest BCUT2D eigenvalue weighted by Gasteiger charge is -2.52. The van der Waals surface area contributed by atoms with Crippen molar-refractivity contribution < 1.29 is 9.47 Å². The minimum atomic E-state index is -1.90. The van der Waals surface area contributed by atoms with Crippen LogP contribution >= 0.6 is 11.6 Å². The minimum absolute atomic E-state index is 0.318. The van der Waals surface area contributed by atoms with Gasteiger partial charge in [-0.05, 0) is 36.5 Å². The molecule has 1 N–H and O–H groups in total. The highest BCUT2D eigenvalue weighted by Gasteiger charge is 2.80. The monoisotopic (exact) mass is 408 g/mol. The van der Waals surface area contributed by atoms with Crippen molar-refractivity contribution in [1.29, 1.82) is 21.2 Å². The van der Waals surface area contributed by atoms with E-state index in [0.29, 0.717) is 29.3 Å². The number of hydrogen-bond acceptors (Lipinski definition) is 6. The van der Waals surface area contributed by atoms with Gasteiger partial charge in [0.1, 0.15) is 6.10 Å². The van der Waals surface area contributed by atoms with E-state index in [1.54, 1.807) is 24.3 Å². The summed E-state index contributed by atoms with van der Waals surface area (Å²) >= 11 is 6.01. The molecule has 1 aliphatic carbocycles. The third-order valence-corrected chi connectivity index (χ3v) is 7.14. The highest BCUT2D eigenvalue weighted by atomic mass is 35.5. The lowest BCUT2D eigenvalue weighted by molar-refractivity contribution is -0.299. The third kappa shape index (κ3) is 2.39. The van der Waals surface area contributed by atoms with E-state index in [-0.39, 0.29) is 5.90 Å². The molecule has 2 saturated heterocycles. The Morgan fingerprint density at radius 3 is 2.45 bits per heavy atom. The number of nitriles is 3. The van der Waals surface area contributed by atoms with Crippen LogP contribution in [0.3, 0.4) is 0 Å². The van der Waals surface area contributed by atoms with Gasteiger partial charge in [0.05, 0.1) is 24.1 Å². The van der Waals surface area contributed by atoms with Crippen LogP contribution in [0.2, 0.25) is 5.02 Å². The summed E-state index contributed by atoms with van der Waals surface area (Å²) in [6, 6.07) is 13.1. The van der Waals surface area contributed by atoms with Crippen molar-refractivity contribution in [3.8, 4) is 18.2 Å². The predicted molar refractivity (Wildman–Crippen MR) is 104 cm³/mol. The topological polar surface area (TPSA) is 114 Å². The van der Waals surface area contributed by atoms with E-state index in [2.05, 4.69) is 25.1 Å². The average Bonchev–Trinajstić information content (AvgIpc) is 2.93. The highest BCUT2D eigenvalue weighted by molar-refractivity contribution is 6.30. The van der Waals surface area contributed by atoms with Crippen molar-refractivity contribution >= 4 is 17.5 Å². The van der Waals surface area contributed by atoms with E-state index in [9.17, 15) is 15.8 Å². The van der Waals surface area contributed by atoms with Gasteiger partial charge in [0, 0.05) is 11.4 Å². The number of rotatable bonds is 3. The van der Waals surface area contributed by atoms with E-state index in [1.807, 2.05) is 0 Å². The molecule has 2 heterocycles. The van der Waals surface area contributed by atoms with Crippen LogP contribution in [0.1, 0.15) is 50.7 Å². The number of nitrogens with zero attached hydrogens (tertiary/aromatic N) is 3. The van der Waals surface area contributed by atoms with Gasteiger partial charge in [0.15, 0.2) is 5.41 Å². The van der Waals surface area contributed by atoms with Gasteiger partial charge >= 0.3 is 0 Å². The Labute approximate surface area is 175 Å². The number of benzene rings is 1. The lowest BCUT2D eigenvalue weighted by Crippen LogP contribution is -2.61. The van der Waals surface area contributed by atoms with Crippen molar-refractivity contribution in [3.63, 3.8) is 0 Å². The van der Waals surface area contributed by atoms with Gasteiger partial charge in [-0.1, -0.05) is 43.5 Å². The van der Waals surface area contributed by atoms with Crippen LogP contribution in [-0.2, 0) is 9.47 Å². The first-order valence-electron chi connectivity index (χ1n) is 9.88. The second-order valence-electron chi connectivity index (χ2n) is 8.23. The van der Waals surface area contributed by atoms with Gasteiger partial charge in [-0.3, -0.25) is 5.41 Å². The molecule has 5 unspecified atom stereocenters. The molecule has 29 heavy (non-hydrogen) atoms. The molecule has 3 aliphatic rings. The molecule has 2 aliphatic heterocycles. The van der Waals surface area contributed by atoms with Crippen LogP contribution in [0.15, 0.2) is 24.3 Å². The summed E-state index contributed by atoms with van der Waals surface area (Å²) in [4.78, 5) is 0. The lowest BCUT2D eigenvalue weighted by atomic mass is 9.50. The first-order chi connectivity index (χ1) is 13.9. The van der Waals surface area contributed by atoms with Crippen molar-refractivity contribution in [2.45, 2.75) is 50.9 Å². The van der Waals surface area contributed by atoms with Crippen LogP contribution in [-0.4, -0.2) is 11.7 Å². The Hall–Kier alpha value is -2.59. The fourth-order valence-electron chi connectivity index (χ4n) is 5.53. The highest BCUT2D eigenvalue weighted by Crippen LogP contribution is 2.70. The molecule has 148 valence electrons. The summed E-state index contributed by atoms with van der Waals surface area (Å²) in [5, 5.41) is 39.9. The summed E-state index contributed by atoms with van der Waals surface area (Å²) in [6.45, 7) is 2.11. The van der Waals surface area contributed by atoms with Crippen molar-refractivity contribution in [2.75, 3.05) is 0 Å². The number of ether oxygens (including phenoxy) is 2. The van der Waals surface area contributed by atoms with E-state index in [4.69, 9.17) is 26.5 Å². The molecule has 0 amide bonds. The van der Waals surface area contributed by atoms with Crippen LogP contribution in [0.25, 0.3) is 0 Å². The summed E-state index contributed by atoms with van der Waals surface area (Å²) in [7, 11) is 0. The fraction of sp³-hybridized carbons (Fsp3) is 0.545. The number of halogens is 1. The maximum Gasteiger partial charge on any atom is 0.217 e. The number of hydrogen-bond donors (Lipinski definition) is 1. The smallest absolute Gasteiger partial charge is 0.217 e. The summed E-state index contributed by atoms with van der Waals surface area (Å²) in [5.41, 5.74) is -3.00. The van der Waals surface area contributed by atoms with Crippen molar-refractivity contribution in [2.24, 2.45) is 22.7 Å². The Morgan fingerprint density at radius 1 is 1.17 bits per heavy atom. The minimum Gasteiger partial charge on any atom is -0.447 e. The first-order valence-corrected chi connectivity index (χ1v) is 10.3. The zero-order valence-corrected chi connectivity index (χ0v) is 16.9. The molecule has 1 saturated carbocycles.